The Labute approximate surface area is 103 Å². The standard InChI is InChI=1S/C12H13NO5/c1-8(2)11(15)17-6-7-18-12(16)9-4-3-5-13-10(9)14/h3-5H,1,6-7H2,2H3,(H,13,14). The van der Waals surface area contributed by atoms with Crippen LogP contribution in [0.25, 0.3) is 0 Å². The van der Waals surface area contributed by atoms with Gasteiger partial charge in [-0.05, 0) is 19.1 Å². The molecule has 0 atom stereocenters. The molecule has 0 bridgehead atoms. The molecule has 0 unspecified atom stereocenters. The number of carbonyl (C=O) groups is 2. The van der Waals surface area contributed by atoms with E-state index in [9.17, 15) is 14.4 Å². The molecule has 6 heteroatoms. The molecule has 1 rings (SSSR count). The minimum absolute atomic E-state index is 0.0812. The Morgan fingerprint density at radius 2 is 2.00 bits per heavy atom. The molecule has 1 N–H and O–H groups in total. The molecule has 0 radical (unpaired) electrons. The van der Waals surface area contributed by atoms with Gasteiger partial charge in [-0.3, -0.25) is 4.79 Å². The third kappa shape index (κ3) is 3.89. The molecular formula is C12H13NO5. The van der Waals surface area contributed by atoms with Crippen molar-refractivity contribution in [3.8, 4) is 0 Å². The fourth-order valence-corrected chi connectivity index (χ4v) is 1.05. The number of pyridine rings is 1. The number of nitrogens with one attached hydrogen (secondary N) is 1. The summed E-state index contributed by atoms with van der Waals surface area (Å²) in [5.74, 6) is -1.31. The Morgan fingerprint density at radius 1 is 1.33 bits per heavy atom. The fraction of sp³-hybridized carbons (Fsp3) is 0.250. The number of esters is 2. The van der Waals surface area contributed by atoms with Gasteiger partial charge in [-0.2, -0.15) is 0 Å². The van der Waals surface area contributed by atoms with Gasteiger partial charge in [0.1, 0.15) is 18.8 Å². The van der Waals surface area contributed by atoms with Gasteiger partial charge >= 0.3 is 11.9 Å². The van der Waals surface area contributed by atoms with Crippen LogP contribution in [0.2, 0.25) is 0 Å². The highest BCUT2D eigenvalue weighted by Crippen LogP contribution is 1.95. The molecule has 0 amide bonds. The Morgan fingerprint density at radius 3 is 2.61 bits per heavy atom. The van der Waals surface area contributed by atoms with Crippen molar-refractivity contribution in [3.63, 3.8) is 0 Å². The van der Waals surface area contributed by atoms with Crippen molar-refractivity contribution >= 4 is 11.9 Å². The number of hydrogen-bond acceptors (Lipinski definition) is 5. The number of hydrogen-bond donors (Lipinski definition) is 1. The van der Waals surface area contributed by atoms with E-state index in [-0.39, 0.29) is 24.4 Å². The average Bonchev–Trinajstić information content (AvgIpc) is 2.34. The molecule has 0 aliphatic heterocycles. The summed E-state index contributed by atoms with van der Waals surface area (Å²) in [6, 6.07) is 2.86. The van der Waals surface area contributed by atoms with E-state index in [2.05, 4.69) is 11.6 Å². The summed E-state index contributed by atoms with van der Waals surface area (Å²) in [6.07, 6.45) is 1.41. The van der Waals surface area contributed by atoms with Crippen molar-refractivity contribution in [1.82, 2.24) is 4.98 Å². The van der Waals surface area contributed by atoms with E-state index in [1.165, 1.54) is 25.3 Å². The lowest BCUT2D eigenvalue weighted by atomic mass is 10.3. The summed E-state index contributed by atoms with van der Waals surface area (Å²) in [4.78, 5) is 36.0. The van der Waals surface area contributed by atoms with Crippen LogP contribution in [-0.4, -0.2) is 30.1 Å². The van der Waals surface area contributed by atoms with Gasteiger partial charge in [0.2, 0.25) is 0 Å². The van der Waals surface area contributed by atoms with Crippen LogP contribution < -0.4 is 5.56 Å². The summed E-state index contributed by atoms with van der Waals surface area (Å²) in [7, 11) is 0. The van der Waals surface area contributed by atoms with Gasteiger partial charge in [0.05, 0.1) is 0 Å². The SMILES string of the molecule is C=C(C)C(=O)OCCOC(=O)c1ccc[nH]c1=O. The second-order valence-corrected chi connectivity index (χ2v) is 3.47. The molecule has 0 aliphatic rings. The van der Waals surface area contributed by atoms with Gasteiger partial charge in [0, 0.05) is 11.8 Å². The highest BCUT2D eigenvalue weighted by molar-refractivity contribution is 5.89. The highest BCUT2D eigenvalue weighted by Gasteiger charge is 2.11. The summed E-state index contributed by atoms with van der Waals surface area (Å²) in [6.45, 7) is 4.71. The maximum absolute atomic E-state index is 11.4. The summed E-state index contributed by atoms with van der Waals surface area (Å²) in [5, 5.41) is 0. The lowest BCUT2D eigenvalue weighted by molar-refractivity contribution is -0.140. The van der Waals surface area contributed by atoms with Crippen LogP contribution in [0.5, 0.6) is 0 Å². The third-order valence-electron chi connectivity index (χ3n) is 1.94. The zero-order valence-electron chi connectivity index (χ0n) is 9.89. The Hall–Kier alpha value is -2.37. The molecule has 18 heavy (non-hydrogen) atoms. The van der Waals surface area contributed by atoms with Gasteiger partial charge in [0.15, 0.2) is 0 Å². The van der Waals surface area contributed by atoms with Crippen LogP contribution in [0.15, 0.2) is 35.3 Å². The second-order valence-electron chi connectivity index (χ2n) is 3.47. The normalized spacial score (nSPS) is 9.61. The number of H-pyrrole nitrogens is 1. The molecular weight excluding hydrogens is 238 g/mol. The molecule has 0 saturated heterocycles. The van der Waals surface area contributed by atoms with Crippen molar-refractivity contribution in [2.75, 3.05) is 13.2 Å². The third-order valence-corrected chi connectivity index (χ3v) is 1.94. The summed E-state index contributed by atoms with van der Waals surface area (Å²) < 4.78 is 9.49. The van der Waals surface area contributed by atoms with Crippen LogP contribution in [0.4, 0.5) is 0 Å². The molecule has 0 aliphatic carbocycles. The van der Waals surface area contributed by atoms with Gasteiger partial charge < -0.3 is 14.5 Å². The van der Waals surface area contributed by atoms with Crippen molar-refractivity contribution in [2.45, 2.75) is 6.92 Å². The first kappa shape index (κ1) is 13.7. The molecule has 6 nitrogen and oxygen atoms in total. The molecule has 0 saturated carbocycles. The van der Waals surface area contributed by atoms with E-state index in [1.54, 1.807) is 0 Å². The topological polar surface area (TPSA) is 85.5 Å². The first-order valence-corrected chi connectivity index (χ1v) is 5.20. The van der Waals surface area contributed by atoms with Gasteiger partial charge in [-0.1, -0.05) is 6.58 Å². The largest absolute Gasteiger partial charge is 0.459 e. The molecule has 0 spiro atoms. The van der Waals surface area contributed by atoms with Crippen LogP contribution in [-0.2, 0) is 14.3 Å². The van der Waals surface area contributed by atoms with Gasteiger partial charge in [-0.15, -0.1) is 0 Å². The lowest BCUT2D eigenvalue weighted by Gasteiger charge is -2.05. The van der Waals surface area contributed by atoms with Crippen LogP contribution >= 0.6 is 0 Å². The van der Waals surface area contributed by atoms with Crippen molar-refractivity contribution in [2.24, 2.45) is 0 Å². The zero-order valence-corrected chi connectivity index (χ0v) is 9.89. The zero-order chi connectivity index (χ0) is 13.5. The quantitative estimate of drug-likeness (QED) is 0.472. The predicted octanol–water partition coefficient (Wildman–Crippen LogP) is 0.651. The first-order chi connectivity index (χ1) is 8.52. The molecule has 0 aromatic carbocycles. The Kier molecular flexibility index (Phi) is 4.86. The Bertz CT molecular complexity index is 517. The van der Waals surface area contributed by atoms with Crippen molar-refractivity contribution in [3.05, 3.63) is 46.4 Å². The van der Waals surface area contributed by atoms with Crippen LogP contribution in [0.3, 0.4) is 0 Å². The monoisotopic (exact) mass is 251 g/mol. The predicted molar refractivity (Wildman–Crippen MR) is 63.1 cm³/mol. The maximum atomic E-state index is 11.4. The van der Waals surface area contributed by atoms with Gasteiger partial charge in [-0.25, -0.2) is 9.59 Å². The second kappa shape index (κ2) is 6.39. The molecule has 1 heterocycles. The number of carbonyl (C=O) groups excluding carboxylic acids is 2. The van der Waals surface area contributed by atoms with Crippen LogP contribution in [0, 0.1) is 0 Å². The molecule has 1 aromatic rings. The van der Waals surface area contributed by atoms with Crippen molar-refractivity contribution in [1.29, 1.82) is 0 Å². The number of rotatable bonds is 5. The average molecular weight is 251 g/mol. The minimum atomic E-state index is -0.761. The molecule has 1 aromatic heterocycles. The van der Waals surface area contributed by atoms with E-state index in [0.29, 0.717) is 0 Å². The van der Waals surface area contributed by atoms with Crippen LogP contribution in [0.1, 0.15) is 17.3 Å². The summed E-state index contributed by atoms with van der Waals surface area (Å²) >= 11 is 0. The molecule has 96 valence electrons. The Balaban J connectivity index is 2.39. The highest BCUT2D eigenvalue weighted by atomic mass is 16.6. The lowest BCUT2D eigenvalue weighted by Crippen LogP contribution is -2.21. The molecule has 0 fully saturated rings. The fourth-order valence-electron chi connectivity index (χ4n) is 1.05. The maximum Gasteiger partial charge on any atom is 0.343 e. The van der Waals surface area contributed by atoms with Crippen molar-refractivity contribution < 1.29 is 19.1 Å². The van der Waals surface area contributed by atoms with E-state index in [0.717, 1.165) is 0 Å². The number of aromatic nitrogens is 1. The summed E-state index contributed by atoms with van der Waals surface area (Å²) in [5.41, 5.74) is -0.356. The minimum Gasteiger partial charge on any atom is -0.459 e. The first-order valence-electron chi connectivity index (χ1n) is 5.20. The van der Waals surface area contributed by atoms with E-state index in [1.807, 2.05) is 0 Å². The van der Waals surface area contributed by atoms with E-state index in [4.69, 9.17) is 9.47 Å². The van der Waals surface area contributed by atoms with E-state index >= 15 is 0 Å². The van der Waals surface area contributed by atoms with Gasteiger partial charge in [0.25, 0.3) is 5.56 Å². The number of aromatic amines is 1. The smallest absolute Gasteiger partial charge is 0.343 e. The number of ether oxygens (including phenoxy) is 2. The van der Waals surface area contributed by atoms with E-state index < -0.39 is 17.5 Å².